The fourth-order valence-electron chi connectivity index (χ4n) is 1.59. The molecule has 0 amide bonds. The lowest BCUT2D eigenvalue weighted by molar-refractivity contribution is 0.594. The Morgan fingerprint density at radius 1 is 1.25 bits per heavy atom. The van der Waals surface area contributed by atoms with Crippen LogP contribution in [0.25, 0.3) is 0 Å². The molecule has 0 atom stereocenters. The van der Waals surface area contributed by atoms with Crippen molar-refractivity contribution in [3.63, 3.8) is 0 Å². The first-order valence-electron chi connectivity index (χ1n) is 5.56. The molecule has 7 heteroatoms. The molecule has 1 heterocycles. The number of sulfonamides is 1. The summed E-state index contributed by atoms with van der Waals surface area (Å²) in [5.41, 5.74) is 0.920. The SMILES string of the molecule is CN(c1ccc(C#N)cc1)S(=O)(=O)c1ccnc(Cl)c1. The quantitative estimate of drug-likeness (QED) is 0.816. The predicted molar refractivity (Wildman–Crippen MR) is 76.0 cm³/mol. The van der Waals surface area contributed by atoms with Crippen LogP contribution in [-0.4, -0.2) is 20.4 Å². The van der Waals surface area contributed by atoms with Gasteiger partial charge in [0.15, 0.2) is 0 Å². The second kappa shape index (κ2) is 5.49. The van der Waals surface area contributed by atoms with Crippen molar-refractivity contribution in [1.29, 1.82) is 5.26 Å². The van der Waals surface area contributed by atoms with E-state index in [1.54, 1.807) is 24.3 Å². The van der Waals surface area contributed by atoms with Gasteiger partial charge >= 0.3 is 0 Å². The first-order chi connectivity index (χ1) is 9.45. The molecule has 0 aliphatic carbocycles. The van der Waals surface area contributed by atoms with Gasteiger partial charge in [0.25, 0.3) is 10.0 Å². The first kappa shape index (κ1) is 14.3. The van der Waals surface area contributed by atoms with Gasteiger partial charge in [0, 0.05) is 13.2 Å². The fourth-order valence-corrected chi connectivity index (χ4v) is 3.04. The Morgan fingerprint density at radius 3 is 2.45 bits per heavy atom. The molecule has 20 heavy (non-hydrogen) atoms. The maximum absolute atomic E-state index is 12.4. The van der Waals surface area contributed by atoms with Crippen LogP contribution >= 0.6 is 11.6 Å². The molecule has 0 saturated heterocycles. The van der Waals surface area contributed by atoms with Gasteiger partial charge < -0.3 is 0 Å². The van der Waals surface area contributed by atoms with Crippen molar-refractivity contribution in [3.05, 3.63) is 53.3 Å². The molecule has 5 nitrogen and oxygen atoms in total. The van der Waals surface area contributed by atoms with E-state index in [2.05, 4.69) is 4.98 Å². The second-order valence-corrected chi connectivity index (χ2v) is 6.30. The van der Waals surface area contributed by atoms with Gasteiger partial charge in [0.2, 0.25) is 0 Å². The van der Waals surface area contributed by atoms with E-state index in [9.17, 15) is 8.42 Å². The molecule has 102 valence electrons. The molecular formula is C13H10ClN3O2S. The Bertz CT molecular complexity index is 767. The number of hydrogen-bond acceptors (Lipinski definition) is 4. The molecule has 1 aromatic heterocycles. The second-order valence-electron chi connectivity index (χ2n) is 3.95. The lowest BCUT2D eigenvalue weighted by atomic mass is 10.2. The number of hydrogen-bond donors (Lipinski definition) is 0. The van der Waals surface area contributed by atoms with Gasteiger partial charge in [-0.25, -0.2) is 13.4 Å². The minimum absolute atomic E-state index is 0.0596. The summed E-state index contributed by atoms with van der Waals surface area (Å²) < 4.78 is 26.0. The summed E-state index contributed by atoms with van der Waals surface area (Å²) in [6.45, 7) is 0. The van der Waals surface area contributed by atoms with Crippen molar-refractivity contribution in [1.82, 2.24) is 4.98 Å². The highest BCUT2D eigenvalue weighted by Crippen LogP contribution is 2.23. The van der Waals surface area contributed by atoms with E-state index in [0.717, 1.165) is 4.31 Å². The standard InChI is InChI=1S/C13H10ClN3O2S/c1-17(11-4-2-10(9-15)3-5-11)20(18,19)12-6-7-16-13(14)8-12/h2-8H,1H3. The summed E-state index contributed by atoms with van der Waals surface area (Å²) >= 11 is 5.71. The van der Waals surface area contributed by atoms with E-state index in [4.69, 9.17) is 16.9 Å². The zero-order chi connectivity index (χ0) is 14.8. The average molecular weight is 308 g/mol. The van der Waals surface area contributed by atoms with E-state index in [-0.39, 0.29) is 10.0 Å². The van der Waals surface area contributed by atoms with Crippen molar-refractivity contribution in [2.45, 2.75) is 4.90 Å². The van der Waals surface area contributed by atoms with Crippen LogP contribution in [0.5, 0.6) is 0 Å². The molecule has 0 fully saturated rings. The maximum atomic E-state index is 12.4. The molecule has 0 saturated carbocycles. The molecule has 2 rings (SSSR count). The summed E-state index contributed by atoms with van der Waals surface area (Å²) in [5.74, 6) is 0. The third-order valence-electron chi connectivity index (χ3n) is 2.72. The monoisotopic (exact) mass is 307 g/mol. The van der Waals surface area contributed by atoms with Crippen molar-refractivity contribution >= 4 is 27.3 Å². The predicted octanol–water partition coefficient (Wildman–Crippen LogP) is 2.43. The summed E-state index contributed by atoms with van der Waals surface area (Å²) in [5, 5.41) is 8.84. The zero-order valence-electron chi connectivity index (χ0n) is 10.5. The van der Waals surface area contributed by atoms with E-state index < -0.39 is 10.0 Å². The van der Waals surface area contributed by atoms with Gasteiger partial charge in [0.1, 0.15) is 5.15 Å². The summed E-state index contributed by atoms with van der Waals surface area (Å²) in [6, 6.07) is 10.9. The van der Waals surface area contributed by atoms with E-state index in [1.165, 1.54) is 25.4 Å². The molecule has 0 radical (unpaired) electrons. The molecule has 0 unspecified atom stereocenters. The van der Waals surface area contributed by atoms with Gasteiger partial charge in [-0.1, -0.05) is 11.6 Å². The normalized spacial score (nSPS) is 10.8. The van der Waals surface area contributed by atoms with Crippen LogP contribution < -0.4 is 4.31 Å². The minimum Gasteiger partial charge on any atom is -0.269 e. The van der Waals surface area contributed by atoms with E-state index in [1.807, 2.05) is 6.07 Å². The Labute approximate surface area is 122 Å². The van der Waals surface area contributed by atoms with E-state index >= 15 is 0 Å². The summed E-state index contributed by atoms with van der Waals surface area (Å²) in [7, 11) is -2.27. The van der Waals surface area contributed by atoms with Crippen LogP contribution in [0.15, 0.2) is 47.5 Å². The summed E-state index contributed by atoms with van der Waals surface area (Å²) in [6.07, 6.45) is 1.34. The fraction of sp³-hybridized carbons (Fsp3) is 0.0769. The zero-order valence-corrected chi connectivity index (χ0v) is 12.1. The third kappa shape index (κ3) is 2.74. The highest BCUT2D eigenvalue weighted by molar-refractivity contribution is 7.92. The first-order valence-corrected chi connectivity index (χ1v) is 7.37. The molecule has 0 bridgehead atoms. The Hall–Kier alpha value is -2.10. The Kier molecular flexibility index (Phi) is 3.93. The maximum Gasteiger partial charge on any atom is 0.264 e. The minimum atomic E-state index is -3.71. The van der Waals surface area contributed by atoms with Crippen molar-refractivity contribution < 1.29 is 8.42 Å². The van der Waals surface area contributed by atoms with Crippen molar-refractivity contribution in [2.24, 2.45) is 0 Å². The topological polar surface area (TPSA) is 74.1 Å². The number of rotatable bonds is 3. The number of nitrogens with zero attached hydrogens (tertiary/aromatic N) is 3. The van der Waals surface area contributed by atoms with Crippen LogP contribution in [0.3, 0.4) is 0 Å². The van der Waals surface area contributed by atoms with Crippen LogP contribution in [-0.2, 0) is 10.0 Å². The number of halogens is 1. The van der Waals surface area contributed by atoms with Gasteiger partial charge in [0.05, 0.1) is 22.2 Å². The molecule has 0 N–H and O–H groups in total. The van der Waals surface area contributed by atoms with Crippen LogP contribution in [0, 0.1) is 11.3 Å². The largest absolute Gasteiger partial charge is 0.269 e. The summed E-state index contributed by atoms with van der Waals surface area (Å²) in [4.78, 5) is 3.81. The van der Waals surface area contributed by atoms with Gasteiger partial charge in [-0.2, -0.15) is 5.26 Å². The Morgan fingerprint density at radius 2 is 1.90 bits per heavy atom. The smallest absolute Gasteiger partial charge is 0.264 e. The highest BCUT2D eigenvalue weighted by atomic mass is 35.5. The molecule has 0 spiro atoms. The van der Waals surface area contributed by atoms with Crippen molar-refractivity contribution in [2.75, 3.05) is 11.4 Å². The van der Waals surface area contributed by atoms with Gasteiger partial charge in [-0.3, -0.25) is 4.31 Å². The molecular weight excluding hydrogens is 298 g/mol. The number of benzene rings is 1. The number of pyridine rings is 1. The molecule has 2 aromatic rings. The number of aromatic nitrogens is 1. The molecule has 0 aliphatic rings. The average Bonchev–Trinajstić information content (AvgIpc) is 2.46. The van der Waals surface area contributed by atoms with Crippen LogP contribution in [0.2, 0.25) is 5.15 Å². The lowest BCUT2D eigenvalue weighted by Crippen LogP contribution is -2.26. The van der Waals surface area contributed by atoms with E-state index in [0.29, 0.717) is 11.3 Å². The Balaban J connectivity index is 2.40. The lowest BCUT2D eigenvalue weighted by Gasteiger charge is -2.19. The van der Waals surface area contributed by atoms with Crippen LogP contribution in [0.1, 0.15) is 5.56 Å². The van der Waals surface area contributed by atoms with Crippen LogP contribution in [0.4, 0.5) is 5.69 Å². The van der Waals surface area contributed by atoms with Gasteiger partial charge in [-0.05, 0) is 36.4 Å². The van der Waals surface area contributed by atoms with Crippen molar-refractivity contribution in [3.8, 4) is 6.07 Å². The molecule has 1 aromatic carbocycles. The third-order valence-corrected chi connectivity index (χ3v) is 4.70. The van der Waals surface area contributed by atoms with Gasteiger partial charge in [-0.15, -0.1) is 0 Å². The highest BCUT2D eigenvalue weighted by Gasteiger charge is 2.21. The number of anilines is 1. The molecule has 0 aliphatic heterocycles. The number of nitriles is 1.